The van der Waals surface area contributed by atoms with Gasteiger partial charge in [0, 0.05) is 24.5 Å². The van der Waals surface area contributed by atoms with Gasteiger partial charge in [-0.3, -0.25) is 4.98 Å². The van der Waals surface area contributed by atoms with E-state index in [1.807, 2.05) is 31.2 Å². The number of pyridine rings is 1. The van der Waals surface area contributed by atoms with Crippen LogP contribution in [-0.4, -0.2) is 24.2 Å². The van der Waals surface area contributed by atoms with Crippen LogP contribution >= 0.6 is 0 Å². The van der Waals surface area contributed by atoms with Crippen LogP contribution in [0.4, 0.5) is 4.79 Å². The third-order valence-corrected chi connectivity index (χ3v) is 4.79. The van der Waals surface area contributed by atoms with Crippen molar-refractivity contribution in [2.75, 3.05) is 7.11 Å². The fourth-order valence-electron chi connectivity index (χ4n) is 3.41. The molecule has 1 atom stereocenters. The number of aromatic nitrogens is 1. The Morgan fingerprint density at radius 3 is 3.00 bits per heavy atom. The fraction of sp³-hybridized carbons (Fsp3) is 0.400. The monoisotopic (exact) mass is 339 g/mol. The second kappa shape index (κ2) is 8.01. The smallest absolute Gasteiger partial charge is 0.315 e. The van der Waals surface area contributed by atoms with Crippen molar-refractivity contribution in [3.05, 3.63) is 58.9 Å². The van der Waals surface area contributed by atoms with Crippen molar-refractivity contribution in [1.82, 2.24) is 15.6 Å². The molecule has 1 heterocycles. The zero-order valence-corrected chi connectivity index (χ0v) is 14.8. The quantitative estimate of drug-likeness (QED) is 0.841. The number of hydrogen-bond acceptors (Lipinski definition) is 3. The maximum atomic E-state index is 12.3. The van der Waals surface area contributed by atoms with Gasteiger partial charge in [-0.2, -0.15) is 0 Å². The van der Waals surface area contributed by atoms with E-state index in [2.05, 4.69) is 21.7 Å². The molecule has 1 aromatic carbocycles. The third kappa shape index (κ3) is 4.29. The number of hydrogen-bond donors (Lipinski definition) is 2. The van der Waals surface area contributed by atoms with Gasteiger partial charge in [0.05, 0.1) is 7.11 Å². The number of ether oxygens (including phenoxy) is 1. The minimum atomic E-state index is -0.125. The van der Waals surface area contributed by atoms with Gasteiger partial charge in [-0.15, -0.1) is 0 Å². The maximum absolute atomic E-state index is 12.3. The molecule has 0 unspecified atom stereocenters. The summed E-state index contributed by atoms with van der Waals surface area (Å²) in [6, 6.07) is 10.0. The van der Waals surface area contributed by atoms with Crippen molar-refractivity contribution < 1.29 is 9.53 Å². The second-order valence-electron chi connectivity index (χ2n) is 6.47. The Labute approximate surface area is 148 Å². The zero-order valence-electron chi connectivity index (χ0n) is 14.8. The number of fused-ring (bicyclic) bond motifs is 1. The Hall–Kier alpha value is -2.56. The molecule has 1 aliphatic rings. The van der Waals surface area contributed by atoms with Crippen molar-refractivity contribution in [3.8, 4) is 5.75 Å². The van der Waals surface area contributed by atoms with Gasteiger partial charge < -0.3 is 15.4 Å². The van der Waals surface area contributed by atoms with E-state index in [1.165, 1.54) is 11.1 Å². The number of amides is 2. The van der Waals surface area contributed by atoms with E-state index in [-0.39, 0.29) is 12.1 Å². The van der Waals surface area contributed by atoms with Gasteiger partial charge in [-0.25, -0.2) is 4.79 Å². The predicted octanol–water partition coefficient (Wildman–Crippen LogP) is 3.15. The molecule has 2 amide bonds. The Balaban J connectivity index is 1.59. The number of benzene rings is 1. The van der Waals surface area contributed by atoms with Gasteiger partial charge in [-0.05, 0) is 61.4 Å². The molecular weight excluding hydrogens is 314 g/mol. The number of carbonyl (C=O) groups is 1. The molecule has 0 spiro atoms. The number of urea groups is 1. The van der Waals surface area contributed by atoms with E-state index >= 15 is 0 Å². The highest BCUT2D eigenvalue weighted by Gasteiger charge is 2.20. The molecule has 0 saturated carbocycles. The average molecular weight is 339 g/mol. The normalized spacial score (nSPS) is 16.5. The molecule has 1 aromatic heterocycles. The van der Waals surface area contributed by atoms with Crippen LogP contribution in [0.2, 0.25) is 0 Å². The number of nitrogens with zero attached hydrogens (tertiary/aromatic N) is 1. The molecule has 0 saturated heterocycles. The lowest BCUT2D eigenvalue weighted by atomic mass is 10.0. The van der Waals surface area contributed by atoms with Crippen LogP contribution in [0.1, 0.15) is 35.2 Å². The molecule has 0 fully saturated rings. The topological polar surface area (TPSA) is 63.2 Å². The standard InChI is InChI=1S/C20H25N3O2/c1-14-16(7-5-11-21-14)13-22-20(24)23-17-8-4-9-18-15(12-17)6-3-10-19(18)25-2/h3,5-7,10-11,17H,4,8-9,12-13H2,1-2H3,(H2,22,23,24)/t17-/m0/s1. The zero-order chi connectivity index (χ0) is 17.6. The summed E-state index contributed by atoms with van der Waals surface area (Å²) in [5, 5.41) is 6.05. The van der Waals surface area contributed by atoms with Crippen LogP contribution in [0.3, 0.4) is 0 Å². The van der Waals surface area contributed by atoms with Crippen LogP contribution in [0.5, 0.6) is 5.75 Å². The lowest BCUT2D eigenvalue weighted by Gasteiger charge is -2.18. The van der Waals surface area contributed by atoms with Gasteiger partial charge in [0.1, 0.15) is 5.75 Å². The third-order valence-electron chi connectivity index (χ3n) is 4.79. The lowest BCUT2D eigenvalue weighted by Crippen LogP contribution is -2.42. The molecule has 132 valence electrons. The van der Waals surface area contributed by atoms with Crippen LogP contribution in [0.25, 0.3) is 0 Å². The largest absolute Gasteiger partial charge is 0.496 e. The van der Waals surface area contributed by atoms with Crippen molar-refractivity contribution >= 4 is 6.03 Å². The summed E-state index contributed by atoms with van der Waals surface area (Å²) in [5.74, 6) is 0.953. The summed E-state index contributed by atoms with van der Waals surface area (Å²) in [4.78, 5) is 16.5. The molecular formula is C20H25N3O2. The Kier molecular flexibility index (Phi) is 5.53. The van der Waals surface area contributed by atoms with Crippen LogP contribution in [0.15, 0.2) is 36.5 Å². The van der Waals surface area contributed by atoms with Crippen LogP contribution < -0.4 is 15.4 Å². The van der Waals surface area contributed by atoms with Gasteiger partial charge in [-0.1, -0.05) is 18.2 Å². The summed E-state index contributed by atoms with van der Waals surface area (Å²) in [5.41, 5.74) is 4.53. The summed E-state index contributed by atoms with van der Waals surface area (Å²) in [6.07, 6.45) is 5.60. The van der Waals surface area contributed by atoms with Crippen molar-refractivity contribution in [1.29, 1.82) is 0 Å². The molecule has 5 heteroatoms. The molecule has 0 bridgehead atoms. The number of nitrogens with one attached hydrogen (secondary N) is 2. The van der Waals surface area contributed by atoms with Gasteiger partial charge in [0.2, 0.25) is 0 Å². The number of rotatable bonds is 4. The minimum absolute atomic E-state index is 0.125. The van der Waals surface area contributed by atoms with Crippen molar-refractivity contribution in [2.24, 2.45) is 0 Å². The summed E-state index contributed by atoms with van der Waals surface area (Å²) < 4.78 is 5.48. The Morgan fingerprint density at radius 2 is 2.20 bits per heavy atom. The van der Waals surface area contributed by atoms with E-state index in [1.54, 1.807) is 13.3 Å². The van der Waals surface area contributed by atoms with Crippen molar-refractivity contribution in [2.45, 2.75) is 45.2 Å². The highest BCUT2D eigenvalue weighted by molar-refractivity contribution is 5.74. The van der Waals surface area contributed by atoms with Crippen LogP contribution in [0, 0.1) is 6.92 Å². The summed E-state index contributed by atoms with van der Waals surface area (Å²) >= 11 is 0. The average Bonchev–Trinajstić information content (AvgIpc) is 2.82. The highest BCUT2D eigenvalue weighted by Crippen LogP contribution is 2.28. The van der Waals surface area contributed by atoms with Gasteiger partial charge in [0.15, 0.2) is 0 Å². The van der Waals surface area contributed by atoms with Crippen molar-refractivity contribution in [3.63, 3.8) is 0 Å². The van der Waals surface area contributed by atoms with E-state index in [4.69, 9.17) is 4.74 Å². The number of aryl methyl sites for hydroxylation is 1. The SMILES string of the molecule is COc1cccc2c1CCC[C@H](NC(=O)NCc1cccnc1C)C2. The molecule has 5 nitrogen and oxygen atoms in total. The van der Waals surface area contributed by atoms with E-state index in [9.17, 15) is 4.79 Å². The van der Waals surface area contributed by atoms with E-state index in [0.717, 1.165) is 42.7 Å². The first-order valence-electron chi connectivity index (χ1n) is 8.77. The molecule has 3 rings (SSSR count). The summed E-state index contributed by atoms with van der Waals surface area (Å²) in [6.45, 7) is 2.44. The fourth-order valence-corrected chi connectivity index (χ4v) is 3.41. The first-order chi connectivity index (χ1) is 12.2. The summed E-state index contributed by atoms with van der Waals surface area (Å²) in [7, 11) is 1.71. The lowest BCUT2D eigenvalue weighted by molar-refractivity contribution is 0.235. The highest BCUT2D eigenvalue weighted by atomic mass is 16.5. The molecule has 0 aliphatic heterocycles. The number of methoxy groups -OCH3 is 1. The molecule has 0 radical (unpaired) electrons. The second-order valence-corrected chi connectivity index (χ2v) is 6.47. The minimum Gasteiger partial charge on any atom is -0.496 e. The molecule has 2 N–H and O–H groups in total. The first-order valence-corrected chi connectivity index (χ1v) is 8.77. The van der Waals surface area contributed by atoms with Crippen LogP contribution in [-0.2, 0) is 19.4 Å². The number of carbonyl (C=O) groups excluding carboxylic acids is 1. The first kappa shape index (κ1) is 17.3. The Bertz CT molecular complexity index is 745. The van der Waals surface area contributed by atoms with Gasteiger partial charge in [0.25, 0.3) is 0 Å². The molecule has 1 aliphatic carbocycles. The van der Waals surface area contributed by atoms with E-state index < -0.39 is 0 Å². The van der Waals surface area contributed by atoms with E-state index in [0.29, 0.717) is 6.54 Å². The maximum Gasteiger partial charge on any atom is 0.315 e. The molecule has 2 aromatic rings. The Morgan fingerprint density at radius 1 is 1.32 bits per heavy atom. The predicted molar refractivity (Wildman–Crippen MR) is 97.8 cm³/mol. The molecule has 25 heavy (non-hydrogen) atoms. The van der Waals surface area contributed by atoms with Gasteiger partial charge >= 0.3 is 6.03 Å².